The molecule has 1 amide bonds. The number of benzene rings is 2. The first-order valence-electron chi connectivity index (χ1n) is 7.93. The van der Waals surface area contributed by atoms with Crippen molar-refractivity contribution in [3.63, 3.8) is 0 Å². The topological polar surface area (TPSA) is 49.3 Å². The number of aromatic hydroxyl groups is 1. The summed E-state index contributed by atoms with van der Waals surface area (Å²) in [6.07, 6.45) is 0.805. The van der Waals surface area contributed by atoms with Gasteiger partial charge in [-0.1, -0.05) is 42.2 Å². The van der Waals surface area contributed by atoms with E-state index in [-0.39, 0.29) is 11.7 Å². The van der Waals surface area contributed by atoms with Gasteiger partial charge in [-0.05, 0) is 47.7 Å². The molecule has 0 aliphatic heterocycles. The van der Waals surface area contributed by atoms with E-state index in [1.54, 1.807) is 23.5 Å². The Labute approximate surface area is 151 Å². The van der Waals surface area contributed by atoms with E-state index >= 15 is 0 Å². The maximum absolute atomic E-state index is 12.1. The zero-order valence-corrected chi connectivity index (χ0v) is 14.3. The van der Waals surface area contributed by atoms with Crippen LogP contribution in [0.4, 0.5) is 5.69 Å². The standard InChI is InChI=1S/C21H17NO2S/c23-20-9-2-1-6-17(20)11-13-21(24)22-18-7-3-5-16(15-18)10-12-19-8-4-14-25-19/h1-9,14-15,23H,11,13H2,(H,22,24). The average Bonchev–Trinajstić information content (AvgIpc) is 3.13. The molecule has 0 spiro atoms. The van der Waals surface area contributed by atoms with Crippen LogP contribution in [0.1, 0.15) is 22.4 Å². The van der Waals surface area contributed by atoms with Crippen LogP contribution in [-0.4, -0.2) is 11.0 Å². The van der Waals surface area contributed by atoms with E-state index in [0.29, 0.717) is 12.8 Å². The summed E-state index contributed by atoms with van der Waals surface area (Å²) < 4.78 is 0. The van der Waals surface area contributed by atoms with Gasteiger partial charge in [0.05, 0.1) is 4.88 Å². The molecular weight excluding hydrogens is 330 g/mol. The van der Waals surface area contributed by atoms with Crippen LogP contribution in [0.3, 0.4) is 0 Å². The summed E-state index contributed by atoms with van der Waals surface area (Å²) in [5.41, 5.74) is 2.35. The Morgan fingerprint density at radius 2 is 1.92 bits per heavy atom. The first-order chi connectivity index (χ1) is 12.2. The number of anilines is 1. The number of hydrogen-bond donors (Lipinski definition) is 2. The number of phenolic OH excluding ortho intramolecular Hbond substituents is 1. The molecule has 3 rings (SSSR count). The van der Waals surface area contributed by atoms with Gasteiger partial charge in [-0.25, -0.2) is 0 Å². The summed E-state index contributed by atoms with van der Waals surface area (Å²) in [6, 6.07) is 18.5. The van der Waals surface area contributed by atoms with E-state index in [0.717, 1.165) is 21.7 Å². The number of hydrogen-bond acceptors (Lipinski definition) is 3. The number of carbonyl (C=O) groups excluding carboxylic acids is 1. The quantitative estimate of drug-likeness (QED) is 0.686. The lowest BCUT2D eigenvalue weighted by atomic mass is 10.1. The fraction of sp³-hybridized carbons (Fsp3) is 0.0952. The van der Waals surface area contributed by atoms with Crippen LogP contribution in [0.2, 0.25) is 0 Å². The number of carbonyl (C=O) groups is 1. The van der Waals surface area contributed by atoms with Crippen molar-refractivity contribution >= 4 is 22.9 Å². The minimum atomic E-state index is -0.0911. The zero-order chi connectivity index (χ0) is 17.5. The second kappa shape index (κ2) is 8.18. The highest BCUT2D eigenvalue weighted by molar-refractivity contribution is 7.10. The Bertz CT molecular complexity index is 920. The van der Waals surface area contributed by atoms with Gasteiger partial charge in [-0.2, -0.15) is 0 Å². The molecule has 3 nitrogen and oxygen atoms in total. The Morgan fingerprint density at radius 1 is 1.04 bits per heavy atom. The summed E-state index contributed by atoms with van der Waals surface area (Å²) in [4.78, 5) is 13.1. The second-order valence-corrected chi connectivity index (χ2v) is 6.43. The van der Waals surface area contributed by atoms with Crippen LogP contribution in [-0.2, 0) is 11.2 Å². The summed E-state index contributed by atoms with van der Waals surface area (Å²) in [5, 5.41) is 14.6. The molecule has 0 unspecified atom stereocenters. The third-order valence-corrected chi connectivity index (χ3v) is 4.40. The Balaban J connectivity index is 1.60. The number of phenols is 1. The third-order valence-electron chi connectivity index (χ3n) is 3.61. The Hall–Kier alpha value is -3.03. The highest BCUT2D eigenvalue weighted by Gasteiger charge is 2.06. The molecule has 1 aromatic heterocycles. The van der Waals surface area contributed by atoms with Gasteiger partial charge < -0.3 is 10.4 Å². The Morgan fingerprint density at radius 3 is 2.72 bits per heavy atom. The maximum Gasteiger partial charge on any atom is 0.224 e. The first kappa shape index (κ1) is 16.8. The predicted molar refractivity (Wildman–Crippen MR) is 102 cm³/mol. The van der Waals surface area contributed by atoms with Crippen LogP contribution in [0.15, 0.2) is 66.0 Å². The number of para-hydroxylation sites is 1. The van der Waals surface area contributed by atoms with Crippen molar-refractivity contribution in [3.8, 4) is 17.6 Å². The molecule has 4 heteroatoms. The molecule has 0 aliphatic carbocycles. The molecule has 0 atom stereocenters. The van der Waals surface area contributed by atoms with Crippen molar-refractivity contribution in [2.75, 3.05) is 5.32 Å². The van der Waals surface area contributed by atoms with Gasteiger partial charge in [0.25, 0.3) is 0 Å². The number of aryl methyl sites for hydroxylation is 1. The molecule has 25 heavy (non-hydrogen) atoms. The molecule has 3 aromatic rings. The van der Waals surface area contributed by atoms with Crippen molar-refractivity contribution in [1.82, 2.24) is 0 Å². The largest absolute Gasteiger partial charge is 0.508 e. The Kier molecular flexibility index (Phi) is 5.50. The lowest BCUT2D eigenvalue weighted by molar-refractivity contribution is -0.116. The highest BCUT2D eigenvalue weighted by Crippen LogP contribution is 2.18. The number of rotatable bonds is 4. The van der Waals surface area contributed by atoms with Crippen molar-refractivity contribution < 1.29 is 9.90 Å². The van der Waals surface area contributed by atoms with E-state index in [9.17, 15) is 9.90 Å². The van der Waals surface area contributed by atoms with Gasteiger partial charge >= 0.3 is 0 Å². The van der Waals surface area contributed by atoms with E-state index < -0.39 is 0 Å². The normalized spacial score (nSPS) is 9.92. The minimum Gasteiger partial charge on any atom is -0.508 e. The van der Waals surface area contributed by atoms with Gasteiger partial charge in [0.15, 0.2) is 0 Å². The molecule has 1 heterocycles. The lowest BCUT2D eigenvalue weighted by Crippen LogP contribution is -2.12. The molecule has 2 aromatic carbocycles. The van der Waals surface area contributed by atoms with E-state index in [2.05, 4.69) is 17.2 Å². The monoisotopic (exact) mass is 347 g/mol. The van der Waals surface area contributed by atoms with Gasteiger partial charge in [-0.15, -0.1) is 11.3 Å². The van der Waals surface area contributed by atoms with Crippen LogP contribution in [0.25, 0.3) is 0 Å². The number of nitrogens with one attached hydrogen (secondary N) is 1. The smallest absolute Gasteiger partial charge is 0.224 e. The number of thiophene rings is 1. The maximum atomic E-state index is 12.1. The average molecular weight is 347 g/mol. The van der Waals surface area contributed by atoms with Gasteiger partial charge in [-0.3, -0.25) is 4.79 Å². The molecule has 0 radical (unpaired) electrons. The van der Waals surface area contributed by atoms with Crippen LogP contribution in [0, 0.1) is 11.8 Å². The molecule has 0 fully saturated rings. The molecule has 0 aliphatic rings. The molecule has 0 saturated heterocycles. The van der Waals surface area contributed by atoms with E-state index in [4.69, 9.17) is 0 Å². The van der Waals surface area contributed by atoms with Crippen LogP contribution >= 0.6 is 11.3 Å². The van der Waals surface area contributed by atoms with Crippen molar-refractivity contribution in [1.29, 1.82) is 0 Å². The summed E-state index contributed by atoms with van der Waals surface area (Å²) >= 11 is 1.60. The molecule has 0 bridgehead atoms. The lowest BCUT2D eigenvalue weighted by Gasteiger charge is -2.07. The van der Waals surface area contributed by atoms with E-state index in [1.165, 1.54) is 0 Å². The van der Waals surface area contributed by atoms with Gasteiger partial charge in [0.2, 0.25) is 5.91 Å². The van der Waals surface area contributed by atoms with Crippen molar-refractivity contribution in [2.24, 2.45) is 0 Å². The molecule has 0 saturated carbocycles. The fourth-order valence-electron chi connectivity index (χ4n) is 2.35. The number of amides is 1. The first-order valence-corrected chi connectivity index (χ1v) is 8.81. The fourth-order valence-corrected chi connectivity index (χ4v) is 2.92. The van der Waals surface area contributed by atoms with Crippen molar-refractivity contribution in [2.45, 2.75) is 12.8 Å². The van der Waals surface area contributed by atoms with Gasteiger partial charge in [0.1, 0.15) is 5.75 Å². The third kappa shape index (κ3) is 4.97. The summed E-state index contributed by atoms with van der Waals surface area (Å²) in [5.74, 6) is 6.34. The van der Waals surface area contributed by atoms with Gasteiger partial charge in [0, 0.05) is 17.7 Å². The summed E-state index contributed by atoms with van der Waals surface area (Å²) in [7, 11) is 0. The SMILES string of the molecule is O=C(CCc1ccccc1O)Nc1cccc(C#Cc2cccs2)c1. The minimum absolute atomic E-state index is 0.0911. The second-order valence-electron chi connectivity index (χ2n) is 5.48. The predicted octanol–water partition coefficient (Wildman–Crippen LogP) is 4.42. The highest BCUT2D eigenvalue weighted by atomic mass is 32.1. The van der Waals surface area contributed by atoms with Crippen LogP contribution < -0.4 is 5.32 Å². The van der Waals surface area contributed by atoms with Crippen molar-refractivity contribution in [3.05, 3.63) is 82.0 Å². The van der Waals surface area contributed by atoms with E-state index in [1.807, 2.05) is 53.9 Å². The molecule has 124 valence electrons. The van der Waals surface area contributed by atoms with Crippen LogP contribution in [0.5, 0.6) is 5.75 Å². The summed E-state index contributed by atoms with van der Waals surface area (Å²) in [6.45, 7) is 0. The zero-order valence-electron chi connectivity index (χ0n) is 13.5. The molecular formula is C21H17NO2S. The molecule has 2 N–H and O–H groups in total.